The molecule has 41 heavy (non-hydrogen) atoms. The molecule has 0 bridgehead atoms. The van der Waals surface area contributed by atoms with Gasteiger partial charge in [-0.05, 0) is 79.8 Å². The van der Waals surface area contributed by atoms with Crippen molar-refractivity contribution in [2.75, 3.05) is 56.8 Å². The second-order valence-corrected chi connectivity index (χ2v) is 10.7. The van der Waals surface area contributed by atoms with Crippen molar-refractivity contribution in [3.63, 3.8) is 0 Å². The van der Waals surface area contributed by atoms with Crippen molar-refractivity contribution in [2.24, 2.45) is 0 Å². The number of carbonyl (C=O) groups excluding carboxylic acids is 2. The molecule has 1 aliphatic heterocycles. The van der Waals surface area contributed by atoms with Gasteiger partial charge in [-0.3, -0.25) is 19.9 Å². The Morgan fingerprint density at radius 2 is 1.68 bits per heavy atom. The first-order chi connectivity index (χ1) is 19.8. The molecular weight excluding hydrogens is 588 g/mol. The van der Waals surface area contributed by atoms with Gasteiger partial charge in [0, 0.05) is 24.6 Å². The molecule has 3 aromatic rings. The number of hydrazine groups is 1. The average molecular weight is 626 g/mol. The molecule has 0 aromatic heterocycles. The first-order valence-electron chi connectivity index (χ1n) is 13.5. The predicted octanol–water partition coefficient (Wildman–Crippen LogP) is 6.00. The van der Waals surface area contributed by atoms with Crippen molar-refractivity contribution in [1.82, 2.24) is 5.06 Å². The Kier molecular flexibility index (Phi) is 10.1. The van der Waals surface area contributed by atoms with Crippen LogP contribution in [-0.2, 0) is 16.1 Å². The second kappa shape index (κ2) is 13.7. The Labute approximate surface area is 250 Å². The Balaban J connectivity index is 1.70. The fourth-order valence-electron chi connectivity index (χ4n) is 4.87. The van der Waals surface area contributed by atoms with E-state index in [1.807, 2.05) is 37.3 Å². The third-order valence-electron chi connectivity index (χ3n) is 7.25. The fourth-order valence-corrected chi connectivity index (χ4v) is 5.36. The van der Waals surface area contributed by atoms with Crippen molar-refractivity contribution >= 4 is 44.8 Å². The number of ether oxygens (including phenoxy) is 2. The van der Waals surface area contributed by atoms with Gasteiger partial charge in [-0.2, -0.15) is 0 Å². The third-order valence-corrected chi connectivity index (χ3v) is 7.99. The number of para-hydroxylation sites is 1. The summed E-state index contributed by atoms with van der Waals surface area (Å²) < 4.78 is 11.5. The summed E-state index contributed by atoms with van der Waals surface area (Å²) in [5, 5.41) is 2.69. The zero-order valence-electron chi connectivity index (χ0n) is 24.2. The van der Waals surface area contributed by atoms with Crippen molar-refractivity contribution in [2.45, 2.75) is 32.6 Å². The predicted molar refractivity (Wildman–Crippen MR) is 165 cm³/mol. The highest BCUT2D eigenvalue weighted by molar-refractivity contribution is 9.10. The van der Waals surface area contributed by atoms with Gasteiger partial charge in [0.1, 0.15) is 11.5 Å². The summed E-state index contributed by atoms with van der Waals surface area (Å²) in [7, 11) is 6.04. The monoisotopic (exact) mass is 624 g/mol. The van der Waals surface area contributed by atoms with Crippen LogP contribution >= 0.6 is 15.9 Å². The largest absolute Gasteiger partial charge is 0.497 e. The smallest absolute Gasteiger partial charge is 0.280 e. The molecule has 10 heteroatoms. The molecule has 1 aliphatic rings. The van der Waals surface area contributed by atoms with Gasteiger partial charge in [0.15, 0.2) is 0 Å². The van der Waals surface area contributed by atoms with E-state index in [4.69, 9.17) is 14.3 Å². The molecular formula is C31H37BrN4O5. The summed E-state index contributed by atoms with van der Waals surface area (Å²) >= 11 is 3.56. The molecule has 0 atom stereocenters. The Morgan fingerprint density at radius 1 is 0.976 bits per heavy atom. The summed E-state index contributed by atoms with van der Waals surface area (Å²) in [6.45, 7) is 4.00. The topological polar surface area (TPSA) is 83.6 Å². The van der Waals surface area contributed by atoms with E-state index >= 15 is 0 Å². The minimum atomic E-state index is -0.366. The number of methoxy groups -OCH3 is 2. The molecule has 1 N–H and O–H groups in total. The van der Waals surface area contributed by atoms with Gasteiger partial charge < -0.3 is 14.4 Å². The van der Waals surface area contributed by atoms with Gasteiger partial charge in [0.05, 0.1) is 50.4 Å². The lowest BCUT2D eigenvalue weighted by atomic mass is 10.1. The molecule has 0 radical (unpaired) electrons. The number of amides is 2. The average Bonchev–Trinajstić information content (AvgIpc) is 3.00. The molecule has 0 spiro atoms. The van der Waals surface area contributed by atoms with E-state index in [2.05, 4.69) is 38.4 Å². The summed E-state index contributed by atoms with van der Waals surface area (Å²) in [4.78, 5) is 34.3. The highest BCUT2D eigenvalue weighted by atomic mass is 79.9. The molecule has 0 saturated carbocycles. The van der Waals surface area contributed by atoms with Crippen LogP contribution in [0.5, 0.6) is 11.5 Å². The number of benzene rings is 3. The normalized spacial score (nSPS) is 13.0. The summed E-state index contributed by atoms with van der Waals surface area (Å²) in [6, 6.07) is 16.9. The van der Waals surface area contributed by atoms with Crippen molar-refractivity contribution in [3.05, 3.63) is 75.8 Å². The van der Waals surface area contributed by atoms with Crippen LogP contribution < -0.4 is 24.8 Å². The van der Waals surface area contributed by atoms with Crippen LogP contribution in [-0.4, -0.2) is 58.3 Å². The summed E-state index contributed by atoms with van der Waals surface area (Å²) in [6.07, 6.45) is 3.55. The van der Waals surface area contributed by atoms with Crippen LogP contribution in [0.25, 0.3) is 0 Å². The quantitative estimate of drug-likeness (QED) is 0.277. The van der Waals surface area contributed by atoms with Crippen molar-refractivity contribution in [1.29, 1.82) is 0 Å². The first kappa shape index (κ1) is 30.2. The third kappa shape index (κ3) is 6.94. The van der Waals surface area contributed by atoms with Gasteiger partial charge in [-0.1, -0.05) is 28.1 Å². The van der Waals surface area contributed by atoms with Crippen LogP contribution in [0, 0.1) is 6.92 Å². The number of nitrogens with one attached hydrogen (secondary N) is 1. The lowest BCUT2D eigenvalue weighted by molar-refractivity contribution is -0.117. The number of hydrogen-bond donors (Lipinski definition) is 1. The van der Waals surface area contributed by atoms with Crippen LogP contribution in [0.3, 0.4) is 0 Å². The number of nitrogens with zero attached hydrogens (tertiary/aromatic N) is 3. The van der Waals surface area contributed by atoms with E-state index in [1.165, 1.54) is 27.7 Å². The van der Waals surface area contributed by atoms with Crippen LogP contribution in [0.4, 0.5) is 17.1 Å². The van der Waals surface area contributed by atoms with Gasteiger partial charge >= 0.3 is 0 Å². The number of piperidine rings is 1. The fraction of sp³-hybridized carbons (Fsp3) is 0.355. The van der Waals surface area contributed by atoms with Gasteiger partial charge in [0.25, 0.3) is 5.91 Å². The molecule has 1 heterocycles. The van der Waals surface area contributed by atoms with E-state index < -0.39 is 0 Å². The number of aryl methyl sites for hydroxylation is 1. The SMILES string of the molecule is COc1ccc(N(Nc2c(C)cccc2N2CCCCC2)C(=O)Cc2cc(OC)c(C(=O)N(C)OC)cc2Br)cc1. The lowest BCUT2D eigenvalue weighted by Crippen LogP contribution is -2.39. The van der Waals surface area contributed by atoms with Crippen molar-refractivity contribution in [3.8, 4) is 11.5 Å². The Bertz CT molecular complexity index is 1380. The van der Waals surface area contributed by atoms with E-state index in [0.29, 0.717) is 32.8 Å². The van der Waals surface area contributed by atoms with E-state index in [9.17, 15) is 9.59 Å². The molecule has 4 rings (SSSR count). The molecule has 218 valence electrons. The summed E-state index contributed by atoms with van der Waals surface area (Å²) in [5.74, 6) is 0.480. The molecule has 0 aliphatic carbocycles. The Hall–Kier alpha value is -3.76. The Morgan fingerprint density at radius 3 is 2.32 bits per heavy atom. The summed E-state index contributed by atoms with van der Waals surface area (Å²) in [5.41, 5.74) is 8.11. The second-order valence-electron chi connectivity index (χ2n) is 9.86. The number of hydroxylamine groups is 2. The van der Waals surface area contributed by atoms with Gasteiger partial charge in [0.2, 0.25) is 5.91 Å². The zero-order valence-corrected chi connectivity index (χ0v) is 25.8. The molecule has 1 fully saturated rings. The molecule has 1 saturated heterocycles. The standard InChI is InChI=1S/C31H37BrN4O5/c1-21-10-9-11-27(35-16-7-6-8-17-35)30(21)33-36(23-12-14-24(39-3)15-13-23)29(37)19-22-18-28(40-4)25(20-26(22)32)31(38)34(2)41-5/h9-15,18,20,33H,6-8,16-17,19H2,1-5H3. The number of hydrogen-bond acceptors (Lipinski definition) is 7. The lowest BCUT2D eigenvalue weighted by Gasteiger charge is -2.33. The first-order valence-corrected chi connectivity index (χ1v) is 14.3. The molecule has 0 unspecified atom stereocenters. The number of anilines is 3. The highest BCUT2D eigenvalue weighted by Gasteiger charge is 2.25. The van der Waals surface area contributed by atoms with Gasteiger partial charge in [-0.15, -0.1) is 0 Å². The van der Waals surface area contributed by atoms with Crippen LogP contribution in [0.15, 0.2) is 59.1 Å². The van der Waals surface area contributed by atoms with E-state index in [1.54, 1.807) is 24.3 Å². The maximum Gasteiger partial charge on any atom is 0.280 e. The van der Waals surface area contributed by atoms with Crippen LogP contribution in [0.2, 0.25) is 0 Å². The maximum atomic E-state index is 14.1. The van der Waals surface area contributed by atoms with E-state index in [0.717, 1.165) is 47.9 Å². The minimum absolute atomic E-state index is 0.0372. The number of rotatable bonds is 10. The number of halogens is 1. The zero-order chi connectivity index (χ0) is 29.5. The van der Waals surface area contributed by atoms with Gasteiger partial charge in [-0.25, -0.2) is 10.1 Å². The molecule has 2 amide bonds. The highest BCUT2D eigenvalue weighted by Crippen LogP contribution is 2.34. The van der Waals surface area contributed by atoms with E-state index in [-0.39, 0.29) is 18.2 Å². The molecule has 3 aromatic carbocycles. The molecule has 9 nitrogen and oxygen atoms in total. The minimum Gasteiger partial charge on any atom is -0.497 e. The van der Waals surface area contributed by atoms with Crippen LogP contribution in [0.1, 0.15) is 40.7 Å². The maximum absolute atomic E-state index is 14.1. The van der Waals surface area contributed by atoms with Crippen molar-refractivity contribution < 1.29 is 23.9 Å². The number of carbonyl (C=O) groups is 2.